The van der Waals surface area contributed by atoms with Crippen LogP contribution in [0, 0.1) is 0 Å². The highest BCUT2D eigenvalue weighted by Gasteiger charge is 2.07. The van der Waals surface area contributed by atoms with Crippen LogP contribution in [0.1, 0.15) is 0 Å². The maximum Gasteiger partial charge on any atom is 0.147 e. The fourth-order valence-electron chi connectivity index (χ4n) is 1.77. The minimum atomic E-state index is 0.525. The van der Waals surface area contributed by atoms with E-state index < -0.39 is 0 Å². The maximum absolute atomic E-state index is 5.75. The Balaban J connectivity index is 1.82. The van der Waals surface area contributed by atoms with Crippen LogP contribution < -0.4 is 10.5 Å². The van der Waals surface area contributed by atoms with Gasteiger partial charge in [0.25, 0.3) is 0 Å². The molecule has 0 aliphatic heterocycles. The van der Waals surface area contributed by atoms with E-state index in [0.717, 1.165) is 17.1 Å². The smallest absolute Gasteiger partial charge is 0.147 e. The fraction of sp³-hybridized carbons (Fsp3) is 0. The van der Waals surface area contributed by atoms with Crippen molar-refractivity contribution in [3.63, 3.8) is 0 Å². The SMILES string of the molecule is Nc1conc1-c1ccc(Oc2ccccc2)cc1. The predicted octanol–water partition coefficient (Wildman–Crippen LogP) is 3.72. The number of hydrogen-bond donors (Lipinski definition) is 1. The second-order valence-electron chi connectivity index (χ2n) is 4.06. The van der Waals surface area contributed by atoms with Crippen molar-refractivity contribution in [2.75, 3.05) is 5.73 Å². The largest absolute Gasteiger partial charge is 0.457 e. The number of nitrogens with zero attached hydrogens (tertiary/aromatic N) is 1. The molecule has 0 saturated carbocycles. The lowest BCUT2D eigenvalue weighted by molar-refractivity contribution is 0.422. The molecule has 0 saturated heterocycles. The minimum Gasteiger partial charge on any atom is -0.457 e. The van der Waals surface area contributed by atoms with E-state index in [2.05, 4.69) is 5.16 Å². The molecule has 0 atom stereocenters. The Morgan fingerprint density at radius 2 is 1.58 bits per heavy atom. The molecule has 0 bridgehead atoms. The third-order valence-electron chi connectivity index (χ3n) is 2.70. The van der Waals surface area contributed by atoms with E-state index in [4.69, 9.17) is 15.0 Å². The molecule has 19 heavy (non-hydrogen) atoms. The van der Waals surface area contributed by atoms with Gasteiger partial charge in [-0.05, 0) is 36.4 Å². The van der Waals surface area contributed by atoms with Gasteiger partial charge in [0.1, 0.15) is 29.1 Å². The van der Waals surface area contributed by atoms with E-state index in [-0.39, 0.29) is 0 Å². The summed E-state index contributed by atoms with van der Waals surface area (Å²) in [7, 11) is 0. The molecular formula is C15H12N2O2. The van der Waals surface area contributed by atoms with Gasteiger partial charge in [0.2, 0.25) is 0 Å². The first-order valence-corrected chi connectivity index (χ1v) is 5.86. The second kappa shape index (κ2) is 4.86. The molecule has 1 heterocycles. The highest BCUT2D eigenvalue weighted by atomic mass is 16.5. The molecule has 4 nitrogen and oxygen atoms in total. The summed E-state index contributed by atoms with van der Waals surface area (Å²) in [6.07, 6.45) is 1.42. The summed E-state index contributed by atoms with van der Waals surface area (Å²) in [5.41, 5.74) is 7.81. The number of ether oxygens (including phenoxy) is 1. The highest BCUT2D eigenvalue weighted by Crippen LogP contribution is 2.27. The van der Waals surface area contributed by atoms with E-state index in [1.165, 1.54) is 6.26 Å². The van der Waals surface area contributed by atoms with Crippen LogP contribution in [0.15, 0.2) is 65.4 Å². The molecule has 0 fully saturated rings. The summed E-state index contributed by atoms with van der Waals surface area (Å²) < 4.78 is 10.5. The molecule has 4 heteroatoms. The number of anilines is 1. The average molecular weight is 252 g/mol. The van der Waals surface area contributed by atoms with E-state index >= 15 is 0 Å². The average Bonchev–Trinajstić information content (AvgIpc) is 2.87. The van der Waals surface area contributed by atoms with Gasteiger partial charge in [0.15, 0.2) is 0 Å². The second-order valence-corrected chi connectivity index (χ2v) is 4.06. The van der Waals surface area contributed by atoms with Gasteiger partial charge in [0, 0.05) is 5.56 Å². The van der Waals surface area contributed by atoms with Crippen molar-refractivity contribution >= 4 is 5.69 Å². The Hall–Kier alpha value is -2.75. The molecule has 0 unspecified atom stereocenters. The zero-order chi connectivity index (χ0) is 13.1. The number of rotatable bonds is 3. The molecular weight excluding hydrogens is 240 g/mol. The predicted molar refractivity (Wildman–Crippen MR) is 72.9 cm³/mol. The van der Waals surface area contributed by atoms with Crippen LogP contribution in [0.3, 0.4) is 0 Å². The fourth-order valence-corrected chi connectivity index (χ4v) is 1.77. The lowest BCUT2D eigenvalue weighted by atomic mass is 10.1. The van der Waals surface area contributed by atoms with Crippen LogP contribution in [0.2, 0.25) is 0 Å². The number of nitrogens with two attached hydrogens (primary N) is 1. The van der Waals surface area contributed by atoms with Crippen LogP contribution >= 0.6 is 0 Å². The van der Waals surface area contributed by atoms with Gasteiger partial charge in [-0.25, -0.2) is 0 Å². The Morgan fingerprint density at radius 3 is 2.21 bits per heavy atom. The third-order valence-corrected chi connectivity index (χ3v) is 2.70. The van der Waals surface area contributed by atoms with Crippen molar-refractivity contribution in [1.82, 2.24) is 5.16 Å². The van der Waals surface area contributed by atoms with Crippen molar-refractivity contribution in [1.29, 1.82) is 0 Å². The van der Waals surface area contributed by atoms with E-state index in [0.29, 0.717) is 11.4 Å². The van der Waals surface area contributed by atoms with Gasteiger partial charge in [-0.15, -0.1) is 0 Å². The molecule has 3 aromatic rings. The Bertz CT molecular complexity index is 660. The van der Waals surface area contributed by atoms with Crippen molar-refractivity contribution in [2.45, 2.75) is 0 Å². The summed E-state index contributed by atoms with van der Waals surface area (Å²) in [5.74, 6) is 1.56. The molecule has 0 aliphatic rings. The standard InChI is InChI=1S/C15H12N2O2/c16-14-10-18-17-15(14)11-6-8-13(9-7-11)19-12-4-2-1-3-5-12/h1-10H,16H2. The van der Waals surface area contributed by atoms with Crippen LogP contribution in [0.25, 0.3) is 11.3 Å². The topological polar surface area (TPSA) is 61.3 Å². The summed E-state index contributed by atoms with van der Waals surface area (Å²) in [6, 6.07) is 17.2. The molecule has 0 spiro atoms. The van der Waals surface area contributed by atoms with Crippen LogP contribution in [-0.4, -0.2) is 5.16 Å². The Kier molecular flexibility index (Phi) is 2.90. The number of para-hydroxylation sites is 1. The first kappa shape index (κ1) is 11.3. The Labute approximate surface area is 110 Å². The first-order chi connectivity index (χ1) is 9.33. The normalized spacial score (nSPS) is 10.3. The molecule has 3 rings (SSSR count). The number of aromatic nitrogens is 1. The molecule has 2 N–H and O–H groups in total. The van der Waals surface area contributed by atoms with Gasteiger partial charge in [-0.2, -0.15) is 0 Å². The quantitative estimate of drug-likeness (QED) is 0.771. The van der Waals surface area contributed by atoms with Crippen molar-refractivity contribution in [3.05, 3.63) is 60.9 Å². The summed E-state index contributed by atoms with van der Waals surface area (Å²) in [6.45, 7) is 0. The number of benzene rings is 2. The van der Waals surface area contributed by atoms with Crippen molar-refractivity contribution < 1.29 is 9.26 Å². The van der Waals surface area contributed by atoms with Crippen LogP contribution in [0.4, 0.5) is 5.69 Å². The van der Waals surface area contributed by atoms with Gasteiger partial charge < -0.3 is 15.0 Å². The van der Waals surface area contributed by atoms with Gasteiger partial charge in [-0.1, -0.05) is 23.4 Å². The highest BCUT2D eigenvalue weighted by molar-refractivity contribution is 5.71. The monoisotopic (exact) mass is 252 g/mol. The van der Waals surface area contributed by atoms with E-state index in [1.807, 2.05) is 54.6 Å². The summed E-state index contributed by atoms with van der Waals surface area (Å²) in [4.78, 5) is 0. The maximum atomic E-state index is 5.75. The molecule has 0 aliphatic carbocycles. The van der Waals surface area contributed by atoms with Crippen LogP contribution in [-0.2, 0) is 0 Å². The Morgan fingerprint density at radius 1 is 0.895 bits per heavy atom. The van der Waals surface area contributed by atoms with Crippen molar-refractivity contribution in [3.8, 4) is 22.8 Å². The van der Waals surface area contributed by atoms with Crippen molar-refractivity contribution in [2.24, 2.45) is 0 Å². The van der Waals surface area contributed by atoms with Gasteiger partial charge in [-0.3, -0.25) is 0 Å². The minimum absolute atomic E-state index is 0.525. The van der Waals surface area contributed by atoms with E-state index in [9.17, 15) is 0 Å². The molecule has 0 radical (unpaired) electrons. The zero-order valence-corrected chi connectivity index (χ0v) is 10.1. The summed E-state index contributed by atoms with van der Waals surface area (Å²) >= 11 is 0. The lowest BCUT2D eigenvalue weighted by Gasteiger charge is -2.05. The molecule has 94 valence electrons. The van der Waals surface area contributed by atoms with Crippen LogP contribution in [0.5, 0.6) is 11.5 Å². The summed E-state index contributed by atoms with van der Waals surface area (Å²) in [5, 5.41) is 3.86. The number of nitrogen functional groups attached to an aromatic ring is 1. The lowest BCUT2D eigenvalue weighted by Crippen LogP contribution is -1.87. The molecule has 0 amide bonds. The third kappa shape index (κ3) is 2.42. The first-order valence-electron chi connectivity index (χ1n) is 5.86. The molecule has 1 aromatic heterocycles. The van der Waals surface area contributed by atoms with Gasteiger partial charge >= 0.3 is 0 Å². The zero-order valence-electron chi connectivity index (χ0n) is 10.1. The van der Waals surface area contributed by atoms with E-state index in [1.54, 1.807) is 0 Å². The van der Waals surface area contributed by atoms with Gasteiger partial charge in [0.05, 0.1) is 0 Å². The molecule has 2 aromatic carbocycles. The number of hydrogen-bond acceptors (Lipinski definition) is 4.